The summed E-state index contributed by atoms with van der Waals surface area (Å²) in [7, 11) is 0. The molecule has 0 radical (unpaired) electrons. The third-order valence-corrected chi connectivity index (χ3v) is 7.17. The van der Waals surface area contributed by atoms with Gasteiger partial charge in [0.1, 0.15) is 10.8 Å². The number of para-hydroxylation sites is 2. The van der Waals surface area contributed by atoms with Gasteiger partial charge >= 0.3 is 0 Å². The maximum absolute atomic E-state index is 13.1. The van der Waals surface area contributed by atoms with Gasteiger partial charge in [0, 0.05) is 22.0 Å². The zero-order chi connectivity index (χ0) is 22.9. The van der Waals surface area contributed by atoms with Crippen molar-refractivity contribution in [3.05, 3.63) is 64.5 Å². The summed E-state index contributed by atoms with van der Waals surface area (Å²) in [6, 6.07) is 15.0. The summed E-state index contributed by atoms with van der Waals surface area (Å²) in [6.07, 6.45) is 4.35. The Morgan fingerprint density at radius 2 is 1.76 bits per heavy atom. The average molecular weight is 459 g/mol. The highest BCUT2D eigenvalue weighted by Crippen LogP contribution is 2.43. The molecular weight excluding hydrogens is 432 g/mol. The van der Waals surface area contributed by atoms with Crippen molar-refractivity contribution >= 4 is 44.9 Å². The normalized spacial score (nSPS) is 13.2. The van der Waals surface area contributed by atoms with Gasteiger partial charge in [-0.15, -0.1) is 11.3 Å². The van der Waals surface area contributed by atoms with Crippen molar-refractivity contribution in [1.29, 1.82) is 0 Å². The van der Waals surface area contributed by atoms with Gasteiger partial charge in [0.25, 0.3) is 5.91 Å². The number of hydrogen-bond acceptors (Lipinski definition) is 4. The SMILES string of the molecule is CC(C)C(=O)Nc1ccc(C(=O)Nc2sc3c(c2-c2nc4ccccc4[nH]2)CCCC3)cc1. The molecule has 0 fully saturated rings. The number of thiophene rings is 1. The molecule has 2 amide bonds. The number of rotatable bonds is 5. The van der Waals surface area contributed by atoms with E-state index in [0.717, 1.165) is 46.7 Å². The Balaban J connectivity index is 1.44. The van der Waals surface area contributed by atoms with Crippen LogP contribution in [0.25, 0.3) is 22.4 Å². The highest BCUT2D eigenvalue weighted by molar-refractivity contribution is 7.17. The molecule has 2 aromatic carbocycles. The number of aromatic amines is 1. The lowest BCUT2D eigenvalue weighted by Gasteiger charge is -2.12. The predicted molar refractivity (Wildman–Crippen MR) is 134 cm³/mol. The van der Waals surface area contributed by atoms with Crippen molar-refractivity contribution in [2.24, 2.45) is 5.92 Å². The van der Waals surface area contributed by atoms with Crippen LogP contribution in [0.3, 0.4) is 0 Å². The van der Waals surface area contributed by atoms with E-state index in [9.17, 15) is 9.59 Å². The summed E-state index contributed by atoms with van der Waals surface area (Å²) in [4.78, 5) is 34.6. The number of hydrogen-bond donors (Lipinski definition) is 3. The van der Waals surface area contributed by atoms with Crippen LogP contribution in [0.4, 0.5) is 10.7 Å². The Bertz CT molecular complexity index is 1300. The summed E-state index contributed by atoms with van der Waals surface area (Å²) < 4.78 is 0. The Labute approximate surface area is 196 Å². The zero-order valence-corrected chi connectivity index (χ0v) is 19.5. The monoisotopic (exact) mass is 458 g/mol. The van der Waals surface area contributed by atoms with Gasteiger partial charge in [-0.05, 0) is 67.6 Å². The van der Waals surface area contributed by atoms with Crippen LogP contribution >= 0.6 is 11.3 Å². The van der Waals surface area contributed by atoms with Gasteiger partial charge in [0.15, 0.2) is 0 Å². The molecule has 0 spiro atoms. The second-order valence-corrected chi connectivity index (χ2v) is 9.80. The number of carbonyl (C=O) groups is 2. The van der Waals surface area contributed by atoms with E-state index in [1.807, 2.05) is 38.1 Å². The average Bonchev–Trinajstić information content (AvgIpc) is 3.39. The van der Waals surface area contributed by atoms with E-state index in [1.54, 1.807) is 35.6 Å². The van der Waals surface area contributed by atoms with E-state index >= 15 is 0 Å². The minimum absolute atomic E-state index is 0.0492. The van der Waals surface area contributed by atoms with E-state index in [-0.39, 0.29) is 17.7 Å². The molecule has 0 saturated heterocycles. The fraction of sp³-hybridized carbons (Fsp3) is 0.269. The highest BCUT2D eigenvalue weighted by Gasteiger charge is 2.25. The molecular formula is C26H26N4O2S. The molecule has 2 aromatic heterocycles. The third kappa shape index (κ3) is 4.28. The van der Waals surface area contributed by atoms with Gasteiger partial charge in [-0.25, -0.2) is 4.98 Å². The van der Waals surface area contributed by atoms with E-state index < -0.39 is 0 Å². The predicted octanol–water partition coefficient (Wildman–Crippen LogP) is 6.02. The topological polar surface area (TPSA) is 86.9 Å². The van der Waals surface area contributed by atoms with Crippen LogP contribution in [0.1, 0.15) is 47.5 Å². The van der Waals surface area contributed by atoms with E-state index in [0.29, 0.717) is 11.3 Å². The van der Waals surface area contributed by atoms with Crippen LogP contribution in [0.5, 0.6) is 0 Å². The number of anilines is 2. The molecule has 7 heteroatoms. The molecule has 0 aliphatic heterocycles. The fourth-order valence-corrected chi connectivity index (χ4v) is 5.43. The van der Waals surface area contributed by atoms with Crippen LogP contribution in [0.2, 0.25) is 0 Å². The van der Waals surface area contributed by atoms with E-state index in [4.69, 9.17) is 4.98 Å². The standard InChI is InChI=1S/C26H26N4O2S/c1-15(2)24(31)27-17-13-11-16(12-14-17)25(32)30-26-22(18-7-3-6-10-21(18)33-26)23-28-19-8-4-5-9-20(19)29-23/h4-5,8-9,11-15H,3,6-7,10H2,1-2H3,(H,27,31)(H,28,29)(H,30,32). The van der Waals surface area contributed by atoms with Crippen LogP contribution in [-0.2, 0) is 17.6 Å². The first kappa shape index (κ1) is 21.4. The molecule has 0 bridgehead atoms. The Hall–Kier alpha value is -3.45. The minimum Gasteiger partial charge on any atom is -0.338 e. The molecule has 2 heterocycles. The molecule has 33 heavy (non-hydrogen) atoms. The lowest BCUT2D eigenvalue weighted by molar-refractivity contribution is -0.118. The smallest absolute Gasteiger partial charge is 0.256 e. The van der Waals surface area contributed by atoms with Crippen molar-refractivity contribution in [3.63, 3.8) is 0 Å². The van der Waals surface area contributed by atoms with Gasteiger partial charge in [0.2, 0.25) is 5.91 Å². The molecule has 1 aliphatic rings. The van der Waals surface area contributed by atoms with Gasteiger partial charge in [-0.2, -0.15) is 0 Å². The largest absolute Gasteiger partial charge is 0.338 e. The Kier molecular flexibility index (Phi) is 5.72. The highest BCUT2D eigenvalue weighted by atomic mass is 32.1. The fourth-order valence-electron chi connectivity index (χ4n) is 4.14. The van der Waals surface area contributed by atoms with Crippen molar-refractivity contribution in [3.8, 4) is 11.4 Å². The Morgan fingerprint density at radius 1 is 1.00 bits per heavy atom. The van der Waals surface area contributed by atoms with Gasteiger partial charge < -0.3 is 15.6 Å². The second-order valence-electron chi connectivity index (χ2n) is 8.69. The number of benzene rings is 2. The number of imidazole rings is 1. The zero-order valence-electron chi connectivity index (χ0n) is 18.7. The van der Waals surface area contributed by atoms with Crippen LogP contribution in [0, 0.1) is 5.92 Å². The number of fused-ring (bicyclic) bond motifs is 2. The van der Waals surface area contributed by atoms with Crippen molar-refractivity contribution in [2.75, 3.05) is 10.6 Å². The molecule has 0 saturated carbocycles. The summed E-state index contributed by atoms with van der Waals surface area (Å²) >= 11 is 1.66. The first-order valence-corrected chi connectivity index (χ1v) is 12.1. The molecule has 5 rings (SSSR count). The number of H-pyrrole nitrogens is 1. The van der Waals surface area contributed by atoms with Crippen molar-refractivity contribution < 1.29 is 9.59 Å². The number of amides is 2. The van der Waals surface area contributed by atoms with Gasteiger partial charge in [0.05, 0.1) is 16.6 Å². The first-order valence-electron chi connectivity index (χ1n) is 11.3. The molecule has 0 atom stereocenters. The van der Waals surface area contributed by atoms with Crippen LogP contribution in [-0.4, -0.2) is 21.8 Å². The summed E-state index contributed by atoms with van der Waals surface area (Å²) in [6.45, 7) is 3.69. The molecule has 4 aromatic rings. The van der Waals surface area contributed by atoms with Crippen LogP contribution in [0.15, 0.2) is 48.5 Å². The Morgan fingerprint density at radius 3 is 2.52 bits per heavy atom. The molecule has 0 unspecified atom stereocenters. The number of nitrogens with zero attached hydrogens (tertiary/aromatic N) is 1. The van der Waals surface area contributed by atoms with Crippen molar-refractivity contribution in [2.45, 2.75) is 39.5 Å². The van der Waals surface area contributed by atoms with Crippen molar-refractivity contribution in [1.82, 2.24) is 9.97 Å². The number of carbonyl (C=O) groups excluding carboxylic acids is 2. The summed E-state index contributed by atoms with van der Waals surface area (Å²) in [5.74, 6) is 0.478. The maximum atomic E-state index is 13.1. The molecule has 3 N–H and O–H groups in total. The van der Waals surface area contributed by atoms with Crippen LogP contribution < -0.4 is 10.6 Å². The van der Waals surface area contributed by atoms with E-state index in [2.05, 4.69) is 15.6 Å². The minimum atomic E-state index is -0.173. The summed E-state index contributed by atoms with van der Waals surface area (Å²) in [5, 5.41) is 6.83. The molecule has 1 aliphatic carbocycles. The maximum Gasteiger partial charge on any atom is 0.256 e. The summed E-state index contributed by atoms with van der Waals surface area (Å²) in [5.41, 5.74) is 5.44. The lowest BCUT2D eigenvalue weighted by Crippen LogP contribution is -2.18. The number of aromatic nitrogens is 2. The van der Waals surface area contributed by atoms with E-state index in [1.165, 1.54) is 16.9 Å². The van der Waals surface area contributed by atoms with Gasteiger partial charge in [-0.3, -0.25) is 9.59 Å². The first-order chi connectivity index (χ1) is 16.0. The number of nitrogens with one attached hydrogen (secondary N) is 3. The number of aryl methyl sites for hydroxylation is 1. The second kappa shape index (κ2) is 8.83. The lowest BCUT2D eigenvalue weighted by atomic mass is 9.95. The quantitative estimate of drug-likeness (QED) is 0.342. The van der Waals surface area contributed by atoms with Gasteiger partial charge in [-0.1, -0.05) is 26.0 Å². The molecule has 6 nitrogen and oxygen atoms in total. The third-order valence-electron chi connectivity index (χ3n) is 5.96. The molecule has 168 valence electrons.